The second-order valence-corrected chi connectivity index (χ2v) is 3.93. The summed E-state index contributed by atoms with van der Waals surface area (Å²) in [5, 5.41) is 9.66. The smallest absolute Gasteiger partial charge is 0.337 e. The van der Waals surface area contributed by atoms with Crippen LogP contribution in [-0.4, -0.2) is 23.8 Å². The second-order valence-electron chi connectivity index (χ2n) is 3.93. The minimum absolute atomic E-state index is 0.489. The van der Waals surface area contributed by atoms with E-state index in [1.807, 2.05) is 0 Å². The molecule has 0 rings (SSSR count). The molecule has 3 heteroatoms. The maximum atomic E-state index is 11.1. The topological polar surface area (TPSA) is 46.5 Å². The first-order valence-electron chi connectivity index (χ1n) is 5.35. The Labute approximate surface area is 86.5 Å². The number of carbonyl (C=O) groups excluding carboxylic acids is 1. The molecule has 0 fully saturated rings. The molecule has 0 aromatic rings. The van der Waals surface area contributed by atoms with E-state index in [9.17, 15) is 9.90 Å². The van der Waals surface area contributed by atoms with Crippen LogP contribution in [0.5, 0.6) is 0 Å². The van der Waals surface area contributed by atoms with Crippen molar-refractivity contribution in [2.45, 2.75) is 58.0 Å². The predicted octanol–water partition coefficient (Wildman–Crippen LogP) is 2.27. The van der Waals surface area contributed by atoms with Crippen molar-refractivity contribution in [3.63, 3.8) is 0 Å². The van der Waals surface area contributed by atoms with E-state index in [4.69, 9.17) is 0 Å². The number of carbonyl (C=O) groups is 1. The summed E-state index contributed by atoms with van der Waals surface area (Å²) >= 11 is 0. The summed E-state index contributed by atoms with van der Waals surface area (Å²) in [4.78, 5) is 11.1. The van der Waals surface area contributed by atoms with Crippen LogP contribution in [0.2, 0.25) is 0 Å². The minimum Gasteiger partial charge on any atom is -0.467 e. The van der Waals surface area contributed by atoms with Gasteiger partial charge in [0.2, 0.25) is 0 Å². The Hall–Kier alpha value is -0.570. The SMILES string of the molecule is CCCCCCCC(C)(O)C(=O)OC. The molecule has 1 unspecified atom stereocenters. The van der Waals surface area contributed by atoms with Gasteiger partial charge < -0.3 is 9.84 Å². The molecule has 0 heterocycles. The number of methoxy groups -OCH3 is 1. The van der Waals surface area contributed by atoms with Gasteiger partial charge in [-0.05, 0) is 19.8 Å². The lowest BCUT2D eigenvalue weighted by atomic mass is 9.98. The van der Waals surface area contributed by atoms with Crippen molar-refractivity contribution in [2.24, 2.45) is 0 Å². The molecule has 0 saturated carbocycles. The van der Waals surface area contributed by atoms with Crippen LogP contribution in [0, 0.1) is 0 Å². The predicted molar refractivity (Wildman–Crippen MR) is 56.0 cm³/mol. The van der Waals surface area contributed by atoms with Crippen LogP contribution >= 0.6 is 0 Å². The van der Waals surface area contributed by atoms with E-state index >= 15 is 0 Å². The first-order valence-corrected chi connectivity index (χ1v) is 5.35. The molecule has 0 spiro atoms. The van der Waals surface area contributed by atoms with E-state index in [1.165, 1.54) is 33.3 Å². The third-order valence-corrected chi connectivity index (χ3v) is 2.39. The third-order valence-electron chi connectivity index (χ3n) is 2.39. The summed E-state index contributed by atoms with van der Waals surface area (Å²) in [5.74, 6) is -0.534. The van der Waals surface area contributed by atoms with Crippen molar-refractivity contribution < 1.29 is 14.6 Å². The van der Waals surface area contributed by atoms with Gasteiger partial charge in [0.1, 0.15) is 0 Å². The Morgan fingerprint density at radius 3 is 2.36 bits per heavy atom. The van der Waals surface area contributed by atoms with E-state index in [-0.39, 0.29) is 0 Å². The molecule has 0 aromatic heterocycles. The van der Waals surface area contributed by atoms with Gasteiger partial charge in [0.05, 0.1) is 7.11 Å². The van der Waals surface area contributed by atoms with Gasteiger partial charge in [-0.15, -0.1) is 0 Å². The summed E-state index contributed by atoms with van der Waals surface area (Å²) < 4.78 is 4.50. The van der Waals surface area contributed by atoms with Crippen LogP contribution in [0.4, 0.5) is 0 Å². The van der Waals surface area contributed by atoms with E-state index in [0.29, 0.717) is 6.42 Å². The maximum Gasteiger partial charge on any atom is 0.337 e. The molecule has 0 saturated heterocycles. The zero-order valence-corrected chi connectivity index (χ0v) is 9.51. The number of hydrogen-bond acceptors (Lipinski definition) is 3. The highest BCUT2D eigenvalue weighted by molar-refractivity contribution is 5.78. The molecule has 0 amide bonds. The van der Waals surface area contributed by atoms with Crippen LogP contribution < -0.4 is 0 Å². The van der Waals surface area contributed by atoms with E-state index in [1.54, 1.807) is 0 Å². The highest BCUT2D eigenvalue weighted by Gasteiger charge is 2.30. The minimum atomic E-state index is -1.30. The molecule has 84 valence electrons. The zero-order valence-electron chi connectivity index (χ0n) is 9.51. The lowest BCUT2D eigenvalue weighted by molar-refractivity contribution is -0.161. The zero-order chi connectivity index (χ0) is 11.0. The molecule has 0 bridgehead atoms. The number of esters is 1. The quantitative estimate of drug-likeness (QED) is 0.509. The lowest BCUT2D eigenvalue weighted by Gasteiger charge is -2.19. The van der Waals surface area contributed by atoms with E-state index < -0.39 is 11.6 Å². The monoisotopic (exact) mass is 202 g/mol. The summed E-state index contributed by atoms with van der Waals surface area (Å²) in [6.07, 6.45) is 6.04. The van der Waals surface area contributed by atoms with Gasteiger partial charge in [0, 0.05) is 0 Å². The fraction of sp³-hybridized carbons (Fsp3) is 0.909. The standard InChI is InChI=1S/C11H22O3/c1-4-5-6-7-8-9-11(2,13)10(12)14-3/h13H,4-9H2,1-3H3. The number of hydrogen-bond donors (Lipinski definition) is 1. The molecule has 0 aliphatic heterocycles. The molecule has 1 N–H and O–H groups in total. The Bertz CT molecular complexity index is 164. The van der Waals surface area contributed by atoms with E-state index in [0.717, 1.165) is 12.8 Å². The Balaban J connectivity index is 3.60. The fourth-order valence-corrected chi connectivity index (χ4v) is 1.39. The molecule has 0 aliphatic rings. The summed E-state index contributed by atoms with van der Waals surface area (Å²) in [6.45, 7) is 3.67. The van der Waals surface area contributed by atoms with Crippen molar-refractivity contribution >= 4 is 5.97 Å². The molecule has 1 atom stereocenters. The Kier molecular flexibility index (Phi) is 6.54. The fourth-order valence-electron chi connectivity index (χ4n) is 1.39. The first kappa shape index (κ1) is 13.4. The summed E-state index contributed by atoms with van der Waals surface area (Å²) in [7, 11) is 1.30. The van der Waals surface area contributed by atoms with Crippen LogP contribution in [0.1, 0.15) is 52.4 Å². The lowest BCUT2D eigenvalue weighted by Crippen LogP contribution is -2.35. The van der Waals surface area contributed by atoms with Crippen molar-refractivity contribution in [3.05, 3.63) is 0 Å². The van der Waals surface area contributed by atoms with Crippen molar-refractivity contribution in [2.75, 3.05) is 7.11 Å². The van der Waals surface area contributed by atoms with Gasteiger partial charge in [0.15, 0.2) is 5.60 Å². The molecule has 0 aliphatic carbocycles. The molecule has 3 nitrogen and oxygen atoms in total. The highest BCUT2D eigenvalue weighted by Crippen LogP contribution is 2.16. The number of ether oxygens (including phenoxy) is 1. The largest absolute Gasteiger partial charge is 0.467 e. The van der Waals surface area contributed by atoms with Gasteiger partial charge in [-0.25, -0.2) is 4.79 Å². The summed E-state index contributed by atoms with van der Waals surface area (Å²) in [6, 6.07) is 0. The Morgan fingerprint density at radius 2 is 1.86 bits per heavy atom. The molecular formula is C11H22O3. The van der Waals surface area contributed by atoms with Crippen LogP contribution in [-0.2, 0) is 9.53 Å². The van der Waals surface area contributed by atoms with Crippen molar-refractivity contribution in [3.8, 4) is 0 Å². The van der Waals surface area contributed by atoms with Gasteiger partial charge in [0.25, 0.3) is 0 Å². The molecule has 0 aromatic carbocycles. The average molecular weight is 202 g/mol. The number of unbranched alkanes of at least 4 members (excludes halogenated alkanes) is 4. The van der Waals surface area contributed by atoms with Crippen LogP contribution in [0.15, 0.2) is 0 Å². The summed E-state index contributed by atoms with van der Waals surface area (Å²) in [5.41, 5.74) is -1.30. The number of aliphatic hydroxyl groups is 1. The van der Waals surface area contributed by atoms with E-state index in [2.05, 4.69) is 11.7 Å². The maximum absolute atomic E-state index is 11.1. The van der Waals surface area contributed by atoms with Crippen LogP contribution in [0.3, 0.4) is 0 Å². The molecule has 0 radical (unpaired) electrons. The van der Waals surface area contributed by atoms with Crippen molar-refractivity contribution in [1.82, 2.24) is 0 Å². The van der Waals surface area contributed by atoms with Gasteiger partial charge in [-0.1, -0.05) is 32.6 Å². The first-order chi connectivity index (χ1) is 6.54. The third kappa shape index (κ3) is 5.22. The van der Waals surface area contributed by atoms with Crippen molar-refractivity contribution in [1.29, 1.82) is 0 Å². The normalized spacial score (nSPS) is 14.9. The van der Waals surface area contributed by atoms with Gasteiger partial charge in [-0.2, -0.15) is 0 Å². The number of rotatable bonds is 7. The van der Waals surface area contributed by atoms with Gasteiger partial charge >= 0.3 is 5.97 Å². The molecule has 14 heavy (non-hydrogen) atoms. The van der Waals surface area contributed by atoms with Gasteiger partial charge in [-0.3, -0.25) is 0 Å². The van der Waals surface area contributed by atoms with Crippen LogP contribution in [0.25, 0.3) is 0 Å². The second kappa shape index (κ2) is 6.82. The highest BCUT2D eigenvalue weighted by atomic mass is 16.5. The molecular weight excluding hydrogens is 180 g/mol. The average Bonchev–Trinajstić information content (AvgIpc) is 2.16. The Morgan fingerprint density at radius 1 is 1.29 bits per heavy atom.